The standard InChI is InChI=1S/C23H19N3O2/c1-3-20-19(14-25)21(22(23(27)28)26(20)2)16-10-8-15(9-11-16)12-17-6-4-5-7-18(17)13-24/h4-11H,3,12H2,1-2H3,(H,27,28). The molecular formula is C23H19N3O2. The number of carboxylic acids is 1. The molecule has 0 bridgehead atoms. The van der Waals surface area contributed by atoms with Crippen LogP contribution in [0.4, 0.5) is 0 Å². The van der Waals surface area contributed by atoms with Crippen LogP contribution < -0.4 is 0 Å². The topological polar surface area (TPSA) is 89.8 Å². The molecule has 0 unspecified atom stereocenters. The van der Waals surface area contributed by atoms with Gasteiger partial charge in [-0.15, -0.1) is 0 Å². The van der Waals surface area contributed by atoms with Gasteiger partial charge in [-0.3, -0.25) is 0 Å². The Morgan fingerprint density at radius 1 is 1.07 bits per heavy atom. The van der Waals surface area contributed by atoms with Crippen LogP contribution in [0.3, 0.4) is 0 Å². The number of rotatable bonds is 5. The number of hydrogen-bond donors (Lipinski definition) is 1. The number of carbonyl (C=O) groups is 1. The van der Waals surface area contributed by atoms with E-state index < -0.39 is 5.97 Å². The summed E-state index contributed by atoms with van der Waals surface area (Å²) < 4.78 is 1.59. The van der Waals surface area contributed by atoms with Crippen molar-refractivity contribution >= 4 is 5.97 Å². The van der Waals surface area contributed by atoms with E-state index >= 15 is 0 Å². The van der Waals surface area contributed by atoms with Crippen molar-refractivity contribution in [1.82, 2.24) is 4.57 Å². The van der Waals surface area contributed by atoms with Gasteiger partial charge in [0.05, 0.1) is 17.2 Å². The molecule has 0 aliphatic carbocycles. The van der Waals surface area contributed by atoms with E-state index in [9.17, 15) is 20.4 Å². The molecule has 0 radical (unpaired) electrons. The van der Waals surface area contributed by atoms with Gasteiger partial charge in [-0.05, 0) is 35.6 Å². The van der Waals surface area contributed by atoms with E-state index in [2.05, 4.69) is 12.1 Å². The lowest BCUT2D eigenvalue weighted by Gasteiger charge is -2.07. The lowest BCUT2D eigenvalue weighted by atomic mass is 9.96. The highest BCUT2D eigenvalue weighted by Crippen LogP contribution is 2.33. The zero-order chi connectivity index (χ0) is 20.3. The van der Waals surface area contributed by atoms with Gasteiger partial charge in [-0.2, -0.15) is 10.5 Å². The molecule has 0 aliphatic heterocycles. The average Bonchev–Trinajstić information content (AvgIpc) is 3.00. The molecule has 0 atom stereocenters. The maximum atomic E-state index is 11.8. The second-order valence-electron chi connectivity index (χ2n) is 6.52. The third kappa shape index (κ3) is 3.26. The highest BCUT2D eigenvalue weighted by molar-refractivity contribution is 5.97. The summed E-state index contributed by atoms with van der Waals surface area (Å²) in [6, 6.07) is 19.3. The molecule has 0 fully saturated rings. The molecule has 3 aromatic rings. The van der Waals surface area contributed by atoms with E-state index in [0.29, 0.717) is 40.8 Å². The molecule has 5 heteroatoms. The number of nitriles is 2. The highest BCUT2D eigenvalue weighted by atomic mass is 16.4. The second-order valence-corrected chi connectivity index (χ2v) is 6.52. The number of carboxylic acid groups (broad SMARTS) is 1. The maximum Gasteiger partial charge on any atom is 0.353 e. The summed E-state index contributed by atoms with van der Waals surface area (Å²) in [6.45, 7) is 1.90. The molecule has 1 aromatic heterocycles. The Kier molecular flexibility index (Phi) is 5.29. The summed E-state index contributed by atoms with van der Waals surface area (Å²) in [5.74, 6) is -1.05. The van der Waals surface area contributed by atoms with Crippen LogP contribution in [0.25, 0.3) is 11.1 Å². The Labute approximate surface area is 163 Å². The molecule has 1 N–H and O–H groups in total. The molecule has 5 nitrogen and oxygen atoms in total. The van der Waals surface area contributed by atoms with E-state index in [-0.39, 0.29) is 5.69 Å². The average molecular weight is 369 g/mol. The number of nitrogens with zero attached hydrogens (tertiary/aromatic N) is 3. The fourth-order valence-electron chi connectivity index (χ4n) is 3.59. The van der Waals surface area contributed by atoms with Gasteiger partial charge in [-0.1, -0.05) is 49.4 Å². The first-order valence-corrected chi connectivity index (χ1v) is 8.94. The van der Waals surface area contributed by atoms with Crippen LogP contribution in [0.15, 0.2) is 48.5 Å². The predicted octanol–water partition coefficient (Wildman–Crippen LogP) is 4.29. The summed E-state index contributed by atoms with van der Waals surface area (Å²) in [4.78, 5) is 11.8. The normalized spacial score (nSPS) is 10.3. The quantitative estimate of drug-likeness (QED) is 0.726. The Morgan fingerprint density at radius 3 is 2.32 bits per heavy atom. The zero-order valence-electron chi connectivity index (χ0n) is 15.7. The van der Waals surface area contributed by atoms with E-state index in [0.717, 1.165) is 11.1 Å². The molecule has 0 aliphatic rings. The van der Waals surface area contributed by atoms with Crippen LogP contribution in [-0.2, 0) is 19.9 Å². The number of aromatic nitrogens is 1. The minimum atomic E-state index is -1.05. The second kappa shape index (κ2) is 7.82. The fourth-order valence-corrected chi connectivity index (χ4v) is 3.59. The first-order chi connectivity index (χ1) is 13.5. The van der Waals surface area contributed by atoms with E-state index in [1.807, 2.05) is 49.4 Å². The molecule has 3 rings (SSSR count). The van der Waals surface area contributed by atoms with Crippen LogP contribution in [0, 0.1) is 22.7 Å². The highest BCUT2D eigenvalue weighted by Gasteiger charge is 2.25. The van der Waals surface area contributed by atoms with Gasteiger partial charge in [0.1, 0.15) is 11.8 Å². The monoisotopic (exact) mass is 369 g/mol. The van der Waals surface area contributed by atoms with Crippen LogP contribution in [0.5, 0.6) is 0 Å². The smallest absolute Gasteiger partial charge is 0.353 e. The van der Waals surface area contributed by atoms with Gasteiger partial charge < -0.3 is 9.67 Å². The summed E-state index contributed by atoms with van der Waals surface area (Å²) in [5, 5.41) is 28.6. The Morgan fingerprint density at radius 2 is 1.75 bits per heavy atom. The SMILES string of the molecule is CCc1c(C#N)c(-c2ccc(Cc3ccccc3C#N)cc2)c(C(=O)O)n1C. The molecule has 1 heterocycles. The summed E-state index contributed by atoms with van der Waals surface area (Å²) in [7, 11) is 1.68. The van der Waals surface area contributed by atoms with Crippen molar-refractivity contribution in [2.24, 2.45) is 7.05 Å². The van der Waals surface area contributed by atoms with Gasteiger partial charge in [0.25, 0.3) is 0 Å². The van der Waals surface area contributed by atoms with Crippen molar-refractivity contribution < 1.29 is 9.90 Å². The van der Waals surface area contributed by atoms with E-state index in [1.165, 1.54) is 0 Å². The molecule has 2 aromatic carbocycles. The fraction of sp³-hybridized carbons (Fsp3) is 0.174. The zero-order valence-corrected chi connectivity index (χ0v) is 15.7. The van der Waals surface area contributed by atoms with Gasteiger partial charge in [0, 0.05) is 18.3 Å². The summed E-state index contributed by atoms with van der Waals surface area (Å²) >= 11 is 0. The molecule has 0 saturated heterocycles. The molecule has 28 heavy (non-hydrogen) atoms. The minimum Gasteiger partial charge on any atom is -0.477 e. The summed E-state index contributed by atoms with van der Waals surface area (Å²) in [6.07, 6.45) is 1.18. The first kappa shape index (κ1) is 18.9. The largest absolute Gasteiger partial charge is 0.477 e. The Hall–Kier alpha value is -3.83. The Balaban J connectivity index is 2.04. The van der Waals surface area contributed by atoms with Crippen molar-refractivity contribution in [3.05, 3.63) is 82.2 Å². The van der Waals surface area contributed by atoms with Crippen LogP contribution >= 0.6 is 0 Å². The van der Waals surface area contributed by atoms with Gasteiger partial charge in [0.15, 0.2) is 0 Å². The van der Waals surface area contributed by atoms with Crippen molar-refractivity contribution in [1.29, 1.82) is 10.5 Å². The van der Waals surface area contributed by atoms with Crippen molar-refractivity contribution in [3.63, 3.8) is 0 Å². The van der Waals surface area contributed by atoms with E-state index in [1.54, 1.807) is 17.7 Å². The lowest BCUT2D eigenvalue weighted by Crippen LogP contribution is -2.07. The maximum absolute atomic E-state index is 11.8. The third-order valence-corrected chi connectivity index (χ3v) is 4.94. The van der Waals surface area contributed by atoms with E-state index in [4.69, 9.17) is 0 Å². The van der Waals surface area contributed by atoms with Crippen LogP contribution in [-0.4, -0.2) is 15.6 Å². The minimum absolute atomic E-state index is 0.121. The first-order valence-electron chi connectivity index (χ1n) is 8.94. The molecule has 0 saturated carbocycles. The molecule has 0 spiro atoms. The summed E-state index contributed by atoms with van der Waals surface area (Å²) in [5.41, 5.74) is 4.98. The Bertz CT molecular complexity index is 1130. The van der Waals surface area contributed by atoms with Crippen molar-refractivity contribution in [2.45, 2.75) is 19.8 Å². The van der Waals surface area contributed by atoms with Crippen molar-refractivity contribution in [2.75, 3.05) is 0 Å². The van der Waals surface area contributed by atoms with Gasteiger partial charge in [0.2, 0.25) is 0 Å². The molecule has 0 amide bonds. The van der Waals surface area contributed by atoms with Gasteiger partial charge in [-0.25, -0.2) is 4.79 Å². The molecule has 138 valence electrons. The number of benzene rings is 2. The third-order valence-electron chi connectivity index (χ3n) is 4.94. The number of aromatic carboxylic acids is 1. The van der Waals surface area contributed by atoms with Crippen LogP contribution in [0.2, 0.25) is 0 Å². The van der Waals surface area contributed by atoms with Crippen LogP contribution in [0.1, 0.15) is 45.4 Å². The molecular weight excluding hydrogens is 350 g/mol. The predicted molar refractivity (Wildman–Crippen MR) is 106 cm³/mol. The lowest BCUT2D eigenvalue weighted by molar-refractivity contribution is 0.0687. The van der Waals surface area contributed by atoms with Gasteiger partial charge >= 0.3 is 5.97 Å². The number of hydrogen-bond acceptors (Lipinski definition) is 3. The van der Waals surface area contributed by atoms with Crippen molar-refractivity contribution in [3.8, 4) is 23.3 Å².